The summed E-state index contributed by atoms with van der Waals surface area (Å²) in [5.41, 5.74) is 1.16. The Morgan fingerprint density at radius 2 is 2.10 bits per heavy atom. The van der Waals surface area contributed by atoms with Crippen molar-refractivity contribution in [2.45, 2.75) is 38.6 Å². The Kier molecular flexibility index (Phi) is 8.67. The minimum Gasteiger partial charge on any atom is -0.496 e. The summed E-state index contributed by atoms with van der Waals surface area (Å²) >= 11 is 6.09. The zero-order valence-electron chi connectivity index (χ0n) is 12.7. The predicted molar refractivity (Wildman–Crippen MR) is 84.9 cm³/mol. The number of hydrogen-bond acceptors (Lipinski definition) is 3. The molecule has 0 aliphatic carbocycles. The van der Waals surface area contributed by atoms with Gasteiger partial charge in [-0.3, -0.25) is 0 Å². The van der Waals surface area contributed by atoms with E-state index in [4.69, 9.17) is 21.1 Å². The van der Waals surface area contributed by atoms with Gasteiger partial charge in [0.15, 0.2) is 0 Å². The monoisotopic (exact) mass is 299 g/mol. The molecular weight excluding hydrogens is 274 g/mol. The van der Waals surface area contributed by atoms with E-state index in [0.717, 1.165) is 55.2 Å². The van der Waals surface area contributed by atoms with Crippen molar-refractivity contribution in [2.75, 3.05) is 27.4 Å². The van der Waals surface area contributed by atoms with Gasteiger partial charge < -0.3 is 14.8 Å². The van der Waals surface area contributed by atoms with Gasteiger partial charge in [-0.25, -0.2) is 0 Å². The van der Waals surface area contributed by atoms with Crippen LogP contribution in [-0.2, 0) is 11.2 Å². The quantitative estimate of drug-likeness (QED) is 0.669. The van der Waals surface area contributed by atoms with Crippen LogP contribution in [0, 0.1) is 0 Å². The van der Waals surface area contributed by atoms with Gasteiger partial charge in [0.05, 0.1) is 7.11 Å². The second-order valence-corrected chi connectivity index (χ2v) is 5.38. The second-order valence-electron chi connectivity index (χ2n) is 4.95. The summed E-state index contributed by atoms with van der Waals surface area (Å²) in [6, 6.07) is 6.22. The van der Waals surface area contributed by atoms with E-state index in [1.165, 1.54) is 0 Å². The first-order valence-electron chi connectivity index (χ1n) is 7.26. The van der Waals surface area contributed by atoms with Crippen molar-refractivity contribution in [3.8, 4) is 5.75 Å². The van der Waals surface area contributed by atoms with E-state index < -0.39 is 0 Å². The lowest BCUT2D eigenvalue weighted by Crippen LogP contribution is -2.32. The highest BCUT2D eigenvalue weighted by Crippen LogP contribution is 2.24. The van der Waals surface area contributed by atoms with Gasteiger partial charge in [-0.15, -0.1) is 0 Å². The van der Waals surface area contributed by atoms with Gasteiger partial charge >= 0.3 is 0 Å². The lowest BCUT2D eigenvalue weighted by molar-refractivity contribution is 0.188. The SMILES string of the molecule is CCCNC(CCCOC)Cc1cc(Cl)ccc1OC. The van der Waals surface area contributed by atoms with Gasteiger partial charge in [0.2, 0.25) is 0 Å². The number of ether oxygens (including phenoxy) is 2. The van der Waals surface area contributed by atoms with Crippen LogP contribution in [0.3, 0.4) is 0 Å². The summed E-state index contributed by atoms with van der Waals surface area (Å²) in [5, 5.41) is 4.35. The molecule has 0 fully saturated rings. The van der Waals surface area contributed by atoms with Crippen LogP contribution in [0.2, 0.25) is 5.02 Å². The van der Waals surface area contributed by atoms with E-state index in [9.17, 15) is 0 Å². The molecule has 1 unspecified atom stereocenters. The Bertz CT molecular complexity index is 385. The molecule has 0 aliphatic rings. The molecule has 0 amide bonds. The summed E-state index contributed by atoms with van der Waals surface area (Å²) in [6.45, 7) is 4.01. The molecule has 0 bridgehead atoms. The maximum Gasteiger partial charge on any atom is 0.122 e. The first-order chi connectivity index (χ1) is 9.71. The highest BCUT2D eigenvalue weighted by atomic mass is 35.5. The van der Waals surface area contributed by atoms with Crippen LogP contribution in [0.4, 0.5) is 0 Å². The van der Waals surface area contributed by atoms with Crippen LogP contribution in [0.5, 0.6) is 5.75 Å². The van der Waals surface area contributed by atoms with Crippen molar-refractivity contribution in [3.63, 3.8) is 0 Å². The summed E-state index contributed by atoms with van der Waals surface area (Å²) < 4.78 is 10.6. The largest absolute Gasteiger partial charge is 0.496 e. The molecule has 1 N–H and O–H groups in total. The summed E-state index contributed by atoms with van der Waals surface area (Å²) in [7, 11) is 3.45. The van der Waals surface area contributed by atoms with Crippen molar-refractivity contribution in [2.24, 2.45) is 0 Å². The smallest absolute Gasteiger partial charge is 0.122 e. The van der Waals surface area contributed by atoms with E-state index in [1.807, 2.05) is 18.2 Å². The van der Waals surface area contributed by atoms with Crippen molar-refractivity contribution in [1.29, 1.82) is 0 Å². The molecule has 0 aromatic heterocycles. The molecule has 3 nitrogen and oxygen atoms in total. The van der Waals surface area contributed by atoms with E-state index >= 15 is 0 Å². The lowest BCUT2D eigenvalue weighted by Gasteiger charge is -2.20. The molecule has 0 heterocycles. The third-order valence-corrected chi connectivity index (χ3v) is 3.53. The fraction of sp³-hybridized carbons (Fsp3) is 0.625. The zero-order valence-corrected chi connectivity index (χ0v) is 13.5. The van der Waals surface area contributed by atoms with Gasteiger partial charge in [0, 0.05) is 24.8 Å². The number of methoxy groups -OCH3 is 2. The Morgan fingerprint density at radius 1 is 1.30 bits per heavy atom. The van der Waals surface area contributed by atoms with E-state index in [2.05, 4.69) is 12.2 Å². The molecule has 0 spiro atoms. The maximum atomic E-state index is 6.09. The van der Waals surface area contributed by atoms with E-state index in [0.29, 0.717) is 6.04 Å². The van der Waals surface area contributed by atoms with Gasteiger partial charge in [0.25, 0.3) is 0 Å². The topological polar surface area (TPSA) is 30.5 Å². The Labute approximate surface area is 127 Å². The molecule has 1 rings (SSSR count). The Balaban J connectivity index is 2.68. The molecule has 1 aromatic carbocycles. The lowest BCUT2D eigenvalue weighted by atomic mass is 10.0. The summed E-state index contributed by atoms with van der Waals surface area (Å²) in [4.78, 5) is 0. The molecule has 0 aliphatic heterocycles. The van der Waals surface area contributed by atoms with E-state index in [1.54, 1.807) is 14.2 Å². The molecule has 0 saturated carbocycles. The minimum absolute atomic E-state index is 0.428. The van der Waals surface area contributed by atoms with Crippen LogP contribution in [-0.4, -0.2) is 33.4 Å². The minimum atomic E-state index is 0.428. The normalized spacial score (nSPS) is 12.4. The van der Waals surface area contributed by atoms with Crippen LogP contribution in [0.25, 0.3) is 0 Å². The van der Waals surface area contributed by atoms with Crippen LogP contribution >= 0.6 is 11.6 Å². The standard InChI is InChI=1S/C16H26ClNO2/c1-4-9-18-15(6-5-10-19-2)12-13-11-14(17)7-8-16(13)20-3/h7-8,11,15,18H,4-6,9-10,12H2,1-3H3. The molecule has 4 heteroatoms. The van der Waals surface area contributed by atoms with E-state index in [-0.39, 0.29) is 0 Å². The van der Waals surface area contributed by atoms with Crippen molar-refractivity contribution < 1.29 is 9.47 Å². The first kappa shape index (κ1) is 17.3. The van der Waals surface area contributed by atoms with Crippen molar-refractivity contribution in [1.82, 2.24) is 5.32 Å². The summed E-state index contributed by atoms with van der Waals surface area (Å²) in [5.74, 6) is 0.907. The van der Waals surface area contributed by atoms with Crippen LogP contribution < -0.4 is 10.1 Å². The summed E-state index contributed by atoms with van der Waals surface area (Å²) in [6.07, 6.45) is 4.20. The highest BCUT2D eigenvalue weighted by molar-refractivity contribution is 6.30. The third kappa shape index (κ3) is 6.12. The maximum absolute atomic E-state index is 6.09. The predicted octanol–water partition coefficient (Wildman–Crippen LogP) is 3.69. The van der Waals surface area contributed by atoms with Gasteiger partial charge in [-0.2, -0.15) is 0 Å². The number of hydrogen-bond donors (Lipinski definition) is 1. The molecular formula is C16H26ClNO2. The van der Waals surface area contributed by atoms with Gasteiger partial charge in [0.1, 0.15) is 5.75 Å². The average Bonchev–Trinajstić information content (AvgIpc) is 2.45. The molecule has 0 radical (unpaired) electrons. The van der Waals surface area contributed by atoms with Gasteiger partial charge in [-0.1, -0.05) is 18.5 Å². The molecule has 1 atom stereocenters. The Hall–Kier alpha value is -0.770. The molecule has 20 heavy (non-hydrogen) atoms. The van der Waals surface area contributed by atoms with Gasteiger partial charge in [-0.05, 0) is 56.0 Å². The number of halogens is 1. The highest BCUT2D eigenvalue weighted by Gasteiger charge is 2.12. The number of benzene rings is 1. The fourth-order valence-electron chi connectivity index (χ4n) is 2.27. The zero-order chi connectivity index (χ0) is 14.8. The first-order valence-corrected chi connectivity index (χ1v) is 7.63. The van der Waals surface area contributed by atoms with Crippen LogP contribution in [0.1, 0.15) is 31.7 Å². The third-order valence-electron chi connectivity index (χ3n) is 3.29. The molecule has 1 aromatic rings. The van der Waals surface area contributed by atoms with Crippen molar-refractivity contribution >= 4 is 11.6 Å². The second kappa shape index (κ2) is 10.0. The molecule has 114 valence electrons. The average molecular weight is 300 g/mol. The van der Waals surface area contributed by atoms with Crippen molar-refractivity contribution in [3.05, 3.63) is 28.8 Å². The number of nitrogens with one attached hydrogen (secondary N) is 1. The Morgan fingerprint density at radius 3 is 2.75 bits per heavy atom. The number of rotatable bonds is 10. The van der Waals surface area contributed by atoms with Crippen LogP contribution in [0.15, 0.2) is 18.2 Å². The molecule has 0 saturated heterocycles. The fourth-order valence-corrected chi connectivity index (χ4v) is 2.47.